The van der Waals surface area contributed by atoms with E-state index in [4.69, 9.17) is 11.6 Å². The van der Waals surface area contributed by atoms with E-state index >= 15 is 0 Å². The second kappa shape index (κ2) is 9.03. The van der Waals surface area contributed by atoms with Crippen LogP contribution in [0.3, 0.4) is 0 Å². The lowest BCUT2D eigenvalue weighted by Gasteiger charge is -2.33. The van der Waals surface area contributed by atoms with Crippen molar-refractivity contribution in [1.29, 1.82) is 0 Å². The van der Waals surface area contributed by atoms with Gasteiger partial charge in [0.2, 0.25) is 0 Å². The predicted molar refractivity (Wildman–Crippen MR) is 130 cm³/mol. The van der Waals surface area contributed by atoms with Crippen LogP contribution in [0.15, 0.2) is 54.4 Å². The number of amides is 2. The van der Waals surface area contributed by atoms with Crippen molar-refractivity contribution in [3.63, 3.8) is 0 Å². The molecular formula is C24H27ClN4O4S. The normalized spacial score (nSPS) is 19.0. The Hall–Kier alpha value is -2.91. The Morgan fingerprint density at radius 1 is 1.09 bits per heavy atom. The number of benzene rings is 1. The summed E-state index contributed by atoms with van der Waals surface area (Å²) in [5.41, 5.74) is -0.0225. The molecule has 0 radical (unpaired) electrons. The summed E-state index contributed by atoms with van der Waals surface area (Å²) < 4.78 is 27.9. The first-order valence-corrected chi connectivity index (χ1v) is 12.9. The minimum Gasteiger partial charge on any atom is -0.377 e. The maximum absolute atomic E-state index is 13.5. The fourth-order valence-corrected chi connectivity index (χ4v) is 6.60. The molecule has 0 unspecified atom stereocenters. The fourth-order valence-electron chi connectivity index (χ4n) is 4.35. The van der Waals surface area contributed by atoms with Crippen LogP contribution in [0.1, 0.15) is 49.5 Å². The first-order valence-electron chi connectivity index (χ1n) is 11.1. The number of nitrogens with zero attached hydrogens (tertiary/aromatic N) is 3. The number of pyridine rings is 1. The summed E-state index contributed by atoms with van der Waals surface area (Å²) in [5.74, 6) is -0.758. The molecule has 1 fully saturated rings. The molecule has 0 atom stereocenters. The maximum Gasteiger partial charge on any atom is 0.285 e. The quantitative estimate of drug-likeness (QED) is 0.644. The van der Waals surface area contributed by atoms with Crippen LogP contribution < -0.4 is 5.32 Å². The molecule has 0 spiro atoms. The van der Waals surface area contributed by atoms with Gasteiger partial charge in [0, 0.05) is 25.3 Å². The molecule has 2 aliphatic rings. The van der Waals surface area contributed by atoms with Crippen LogP contribution in [0.25, 0.3) is 4.91 Å². The van der Waals surface area contributed by atoms with E-state index in [1.165, 1.54) is 6.20 Å². The zero-order valence-electron chi connectivity index (χ0n) is 19.3. The highest BCUT2D eigenvalue weighted by Crippen LogP contribution is 2.39. The van der Waals surface area contributed by atoms with E-state index in [0.29, 0.717) is 37.1 Å². The Kier molecular flexibility index (Phi) is 6.44. The number of sulfonamides is 1. The third-order valence-corrected chi connectivity index (χ3v) is 8.34. The smallest absolute Gasteiger partial charge is 0.285 e. The molecule has 0 aliphatic carbocycles. The summed E-state index contributed by atoms with van der Waals surface area (Å²) in [5, 5.41) is 3.38. The lowest BCUT2D eigenvalue weighted by atomic mass is 10.0. The summed E-state index contributed by atoms with van der Waals surface area (Å²) in [6.07, 6.45) is 2.64. The Morgan fingerprint density at radius 3 is 2.32 bits per heavy atom. The van der Waals surface area contributed by atoms with Gasteiger partial charge in [-0.1, -0.05) is 41.9 Å². The molecule has 0 bridgehead atoms. The van der Waals surface area contributed by atoms with E-state index in [0.717, 1.165) is 4.31 Å². The Labute approximate surface area is 204 Å². The Balaban J connectivity index is 1.58. The van der Waals surface area contributed by atoms with Crippen LogP contribution in [0.2, 0.25) is 5.15 Å². The van der Waals surface area contributed by atoms with Gasteiger partial charge in [-0.3, -0.25) is 9.59 Å². The van der Waals surface area contributed by atoms with Crippen LogP contribution in [-0.2, 0) is 14.8 Å². The number of rotatable bonds is 4. The van der Waals surface area contributed by atoms with Crippen molar-refractivity contribution < 1.29 is 18.0 Å². The summed E-state index contributed by atoms with van der Waals surface area (Å²) in [6.45, 7) is 5.98. The molecule has 2 aromatic rings. The minimum absolute atomic E-state index is 0.00586. The van der Waals surface area contributed by atoms with E-state index in [2.05, 4.69) is 10.3 Å². The highest BCUT2D eigenvalue weighted by molar-refractivity contribution is 7.99. The Morgan fingerprint density at radius 2 is 1.74 bits per heavy atom. The van der Waals surface area contributed by atoms with Crippen LogP contribution in [0, 0.1) is 0 Å². The van der Waals surface area contributed by atoms with Gasteiger partial charge in [0.25, 0.3) is 21.8 Å². The molecule has 1 N–H and O–H groups in total. The van der Waals surface area contributed by atoms with Crippen LogP contribution >= 0.6 is 11.6 Å². The van der Waals surface area contributed by atoms with Gasteiger partial charge in [-0.15, -0.1) is 0 Å². The van der Waals surface area contributed by atoms with E-state index in [9.17, 15) is 18.0 Å². The predicted octanol–water partition coefficient (Wildman–Crippen LogP) is 3.27. The van der Waals surface area contributed by atoms with Gasteiger partial charge in [0.15, 0.2) is 0 Å². The van der Waals surface area contributed by atoms with Gasteiger partial charge in [-0.05, 0) is 51.3 Å². The lowest BCUT2D eigenvalue weighted by Crippen LogP contribution is -2.48. The number of hydrogen-bond donors (Lipinski definition) is 1. The SMILES string of the molecule is CC(C)(C)N1C(=O)C(NC2CCN(C(=O)c3cccnc3Cl)CC2)=C(c2ccccc2)S1(=O)=O. The number of nitrogens with one attached hydrogen (secondary N) is 1. The average Bonchev–Trinajstić information content (AvgIpc) is 2.99. The number of likely N-dealkylation sites (tertiary alicyclic amines) is 1. The van der Waals surface area contributed by atoms with E-state index < -0.39 is 21.5 Å². The van der Waals surface area contributed by atoms with Gasteiger partial charge in [0.1, 0.15) is 15.8 Å². The molecule has 1 aromatic heterocycles. The lowest BCUT2D eigenvalue weighted by molar-refractivity contribution is -0.125. The van der Waals surface area contributed by atoms with E-state index in [-0.39, 0.29) is 27.7 Å². The van der Waals surface area contributed by atoms with Crippen LogP contribution in [0.4, 0.5) is 0 Å². The highest BCUT2D eigenvalue weighted by Gasteiger charge is 2.49. The molecule has 8 nitrogen and oxygen atoms in total. The topological polar surface area (TPSA) is 99.7 Å². The van der Waals surface area contributed by atoms with E-state index in [1.807, 2.05) is 0 Å². The first-order chi connectivity index (χ1) is 16.0. The number of carbonyl (C=O) groups is 2. The molecule has 1 aromatic carbocycles. The number of halogens is 1. The molecule has 10 heteroatoms. The summed E-state index contributed by atoms with van der Waals surface area (Å²) >= 11 is 6.07. The van der Waals surface area contributed by atoms with Crippen molar-refractivity contribution in [3.05, 3.63) is 70.6 Å². The van der Waals surface area contributed by atoms with Gasteiger partial charge in [-0.25, -0.2) is 17.7 Å². The molecule has 3 heterocycles. The van der Waals surface area contributed by atoms with Gasteiger partial charge >= 0.3 is 0 Å². The maximum atomic E-state index is 13.5. The van der Waals surface area contributed by atoms with Crippen molar-refractivity contribution in [2.24, 2.45) is 0 Å². The third-order valence-electron chi connectivity index (χ3n) is 5.89. The van der Waals surface area contributed by atoms with Crippen LogP contribution in [-0.4, -0.2) is 59.1 Å². The van der Waals surface area contributed by atoms with Crippen molar-refractivity contribution >= 4 is 38.3 Å². The number of hydrogen-bond acceptors (Lipinski definition) is 6. The van der Waals surface area contributed by atoms with Crippen LogP contribution in [0.5, 0.6) is 0 Å². The Bertz CT molecular complexity index is 1250. The molecular weight excluding hydrogens is 476 g/mol. The number of aromatic nitrogens is 1. The molecule has 34 heavy (non-hydrogen) atoms. The second-order valence-corrected chi connectivity index (χ2v) is 11.4. The first kappa shape index (κ1) is 24.2. The van der Waals surface area contributed by atoms with Crippen molar-refractivity contribution in [1.82, 2.24) is 19.5 Å². The van der Waals surface area contributed by atoms with Crippen molar-refractivity contribution in [2.75, 3.05) is 13.1 Å². The minimum atomic E-state index is -4.04. The molecule has 4 rings (SSSR count). The second-order valence-electron chi connectivity index (χ2n) is 9.37. The number of piperidine rings is 1. The zero-order chi connectivity index (χ0) is 24.7. The van der Waals surface area contributed by atoms with Crippen molar-refractivity contribution in [2.45, 2.75) is 45.2 Å². The molecule has 1 saturated heterocycles. The third kappa shape index (κ3) is 4.42. The summed E-state index contributed by atoms with van der Waals surface area (Å²) in [7, 11) is -4.04. The standard InChI is InChI=1S/C24H27ClN4O4S/c1-24(2,3)29-23(31)19(20(34(29,32)33)16-8-5-4-6-9-16)27-17-11-14-28(15-12-17)22(30)18-10-7-13-26-21(18)25/h4-10,13,17,27H,11-12,14-15H2,1-3H3. The van der Waals surface area contributed by atoms with E-state index in [1.54, 1.807) is 68.1 Å². The molecule has 2 amide bonds. The molecule has 180 valence electrons. The van der Waals surface area contributed by atoms with Gasteiger partial charge in [-0.2, -0.15) is 0 Å². The zero-order valence-corrected chi connectivity index (χ0v) is 20.9. The van der Waals surface area contributed by atoms with Gasteiger partial charge in [0.05, 0.1) is 11.1 Å². The largest absolute Gasteiger partial charge is 0.377 e. The molecule has 0 saturated carbocycles. The average molecular weight is 503 g/mol. The molecule has 2 aliphatic heterocycles. The van der Waals surface area contributed by atoms with Gasteiger partial charge < -0.3 is 10.2 Å². The van der Waals surface area contributed by atoms with Crippen molar-refractivity contribution in [3.8, 4) is 0 Å². The monoisotopic (exact) mass is 502 g/mol. The summed E-state index contributed by atoms with van der Waals surface area (Å²) in [4.78, 5) is 31.8. The number of carbonyl (C=O) groups excluding carboxylic acids is 2. The fraction of sp³-hybridized carbons (Fsp3) is 0.375. The summed E-state index contributed by atoms with van der Waals surface area (Å²) in [6, 6.07) is 11.8. The highest BCUT2D eigenvalue weighted by atomic mass is 35.5.